The Hall–Kier alpha value is -1.07. The van der Waals surface area contributed by atoms with Crippen LogP contribution in [0.15, 0.2) is 6.07 Å². The van der Waals surface area contributed by atoms with Crippen molar-refractivity contribution in [1.29, 1.82) is 0 Å². The van der Waals surface area contributed by atoms with Crippen LogP contribution in [0.5, 0.6) is 5.75 Å². The first kappa shape index (κ1) is 12.4. The lowest BCUT2D eigenvalue weighted by Gasteiger charge is -2.23. The van der Waals surface area contributed by atoms with Gasteiger partial charge >= 0.3 is 0 Å². The van der Waals surface area contributed by atoms with Crippen LogP contribution >= 0.6 is 11.3 Å². The van der Waals surface area contributed by atoms with E-state index in [1.165, 1.54) is 11.3 Å². The Morgan fingerprint density at radius 2 is 2.41 bits per heavy atom. The highest BCUT2D eigenvalue weighted by atomic mass is 32.1. The van der Waals surface area contributed by atoms with Gasteiger partial charge in [0, 0.05) is 24.5 Å². The van der Waals surface area contributed by atoms with Crippen LogP contribution in [0, 0.1) is 6.92 Å². The summed E-state index contributed by atoms with van der Waals surface area (Å²) in [6, 6.07) is 2.22. The topological polar surface area (TPSA) is 41.6 Å². The largest absolute Gasteiger partial charge is 0.495 e. The van der Waals surface area contributed by atoms with Gasteiger partial charge in [0.1, 0.15) is 10.6 Å². The summed E-state index contributed by atoms with van der Waals surface area (Å²) < 4.78 is 5.25. The van der Waals surface area contributed by atoms with Gasteiger partial charge in [-0.25, -0.2) is 0 Å². The second-order valence-electron chi connectivity index (χ2n) is 4.32. The SMILES string of the molecule is COc1cc(C)sc1C(=O)N(C)[C@H]1CCNC1. The molecule has 1 atom stereocenters. The van der Waals surface area contributed by atoms with E-state index in [1.807, 2.05) is 24.9 Å². The van der Waals surface area contributed by atoms with E-state index in [4.69, 9.17) is 4.74 Å². The maximum Gasteiger partial charge on any atom is 0.267 e. The van der Waals surface area contributed by atoms with E-state index in [1.54, 1.807) is 7.11 Å². The zero-order valence-corrected chi connectivity index (χ0v) is 11.3. The number of ether oxygens (including phenoxy) is 1. The molecule has 2 rings (SSSR count). The number of amides is 1. The molecule has 0 spiro atoms. The Labute approximate surface area is 106 Å². The second-order valence-corrected chi connectivity index (χ2v) is 5.57. The molecule has 4 nitrogen and oxygen atoms in total. The molecule has 5 heteroatoms. The third-order valence-corrected chi connectivity index (χ3v) is 4.16. The van der Waals surface area contributed by atoms with E-state index in [2.05, 4.69) is 5.32 Å². The fourth-order valence-electron chi connectivity index (χ4n) is 2.09. The first-order valence-electron chi connectivity index (χ1n) is 5.75. The first-order chi connectivity index (χ1) is 8.13. The number of carbonyl (C=O) groups excluding carboxylic acids is 1. The summed E-state index contributed by atoms with van der Waals surface area (Å²) >= 11 is 1.50. The Morgan fingerprint density at radius 1 is 1.65 bits per heavy atom. The molecule has 0 aliphatic carbocycles. The molecule has 2 heterocycles. The summed E-state index contributed by atoms with van der Waals surface area (Å²) in [5.41, 5.74) is 0. The molecule has 0 aromatic carbocycles. The van der Waals surface area contributed by atoms with Gasteiger partial charge in [-0.15, -0.1) is 11.3 Å². The normalized spacial score (nSPS) is 19.4. The van der Waals surface area contributed by atoms with Crippen LogP contribution in [0.25, 0.3) is 0 Å². The number of carbonyl (C=O) groups is 1. The highest BCUT2D eigenvalue weighted by Gasteiger charge is 2.27. The van der Waals surface area contributed by atoms with Crippen LogP contribution in [0.1, 0.15) is 21.0 Å². The van der Waals surface area contributed by atoms with Gasteiger partial charge in [-0.3, -0.25) is 4.79 Å². The van der Waals surface area contributed by atoms with Crippen LogP contribution < -0.4 is 10.1 Å². The molecule has 0 radical (unpaired) electrons. The van der Waals surface area contributed by atoms with Crippen LogP contribution in [0.2, 0.25) is 0 Å². The summed E-state index contributed by atoms with van der Waals surface area (Å²) in [5.74, 6) is 0.754. The van der Waals surface area contributed by atoms with Crippen molar-refractivity contribution in [2.24, 2.45) is 0 Å². The number of aryl methyl sites for hydroxylation is 1. The van der Waals surface area contributed by atoms with E-state index in [0.717, 1.165) is 24.4 Å². The van der Waals surface area contributed by atoms with Gasteiger partial charge in [0.05, 0.1) is 7.11 Å². The Morgan fingerprint density at radius 3 is 3.00 bits per heavy atom. The highest BCUT2D eigenvalue weighted by Crippen LogP contribution is 2.30. The molecule has 0 unspecified atom stereocenters. The summed E-state index contributed by atoms with van der Waals surface area (Å²) in [7, 11) is 3.48. The monoisotopic (exact) mass is 254 g/mol. The van der Waals surface area contributed by atoms with Gasteiger partial charge in [0.2, 0.25) is 0 Å². The van der Waals surface area contributed by atoms with Crippen LogP contribution in [0.4, 0.5) is 0 Å². The van der Waals surface area contributed by atoms with Crippen molar-refractivity contribution in [3.8, 4) is 5.75 Å². The smallest absolute Gasteiger partial charge is 0.267 e. The third kappa shape index (κ3) is 2.45. The zero-order valence-electron chi connectivity index (χ0n) is 10.4. The van der Waals surface area contributed by atoms with Crippen molar-refractivity contribution >= 4 is 17.2 Å². The molecule has 1 saturated heterocycles. The zero-order chi connectivity index (χ0) is 12.4. The molecule has 1 aromatic heterocycles. The van der Waals surface area contributed by atoms with E-state index in [-0.39, 0.29) is 5.91 Å². The molecule has 0 saturated carbocycles. The van der Waals surface area contributed by atoms with Gasteiger partial charge < -0.3 is 15.0 Å². The maximum absolute atomic E-state index is 12.4. The van der Waals surface area contributed by atoms with Crippen molar-refractivity contribution < 1.29 is 9.53 Å². The number of nitrogens with zero attached hydrogens (tertiary/aromatic N) is 1. The summed E-state index contributed by atoms with van der Waals surface area (Å²) in [5, 5.41) is 3.27. The lowest BCUT2D eigenvalue weighted by molar-refractivity contribution is 0.0745. The molecule has 17 heavy (non-hydrogen) atoms. The quantitative estimate of drug-likeness (QED) is 0.889. The minimum Gasteiger partial charge on any atom is -0.495 e. The Balaban J connectivity index is 2.17. The molecular formula is C12H18N2O2S. The highest BCUT2D eigenvalue weighted by molar-refractivity contribution is 7.14. The number of hydrogen-bond donors (Lipinski definition) is 1. The molecule has 1 fully saturated rings. The first-order valence-corrected chi connectivity index (χ1v) is 6.57. The lowest BCUT2D eigenvalue weighted by Crippen LogP contribution is -2.38. The molecule has 1 aliphatic rings. The fraction of sp³-hybridized carbons (Fsp3) is 0.583. The maximum atomic E-state index is 12.4. The van der Waals surface area contributed by atoms with Gasteiger partial charge in [-0.1, -0.05) is 0 Å². The molecule has 1 N–H and O–H groups in total. The van der Waals surface area contributed by atoms with Crippen molar-refractivity contribution in [3.05, 3.63) is 15.8 Å². The Kier molecular flexibility index (Phi) is 3.69. The molecular weight excluding hydrogens is 236 g/mol. The van der Waals surface area contributed by atoms with E-state index < -0.39 is 0 Å². The number of methoxy groups -OCH3 is 1. The lowest BCUT2D eigenvalue weighted by atomic mass is 10.2. The van der Waals surface area contributed by atoms with Gasteiger partial charge in [-0.05, 0) is 26.0 Å². The molecule has 1 aliphatic heterocycles. The molecule has 0 bridgehead atoms. The second kappa shape index (κ2) is 5.06. The number of nitrogens with one attached hydrogen (secondary N) is 1. The van der Waals surface area contributed by atoms with Crippen molar-refractivity contribution in [2.45, 2.75) is 19.4 Å². The predicted octanol–water partition coefficient (Wildman–Crippen LogP) is 1.50. The van der Waals surface area contributed by atoms with Gasteiger partial charge in [0.15, 0.2) is 0 Å². The summed E-state index contributed by atoms with van der Waals surface area (Å²) in [6.45, 7) is 3.86. The van der Waals surface area contributed by atoms with E-state index >= 15 is 0 Å². The van der Waals surface area contributed by atoms with Crippen molar-refractivity contribution in [2.75, 3.05) is 27.2 Å². The Bertz CT molecular complexity index is 411. The van der Waals surface area contributed by atoms with E-state index in [9.17, 15) is 4.79 Å². The minimum atomic E-state index is 0.0636. The summed E-state index contributed by atoms with van der Waals surface area (Å²) in [6.07, 6.45) is 1.02. The average molecular weight is 254 g/mol. The molecule has 1 amide bonds. The predicted molar refractivity (Wildman–Crippen MR) is 69.0 cm³/mol. The van der Waals surface area contributed by atoms with Crippen molar-refractivity contribution in [1.82, 2.24) is 10.2 Å². The van der Waals surface area contributed by atoms with Gasteiger partial charge in [0.25, 0.3) is 5.91 Å². The summed E-state index contributed by atoms with van der Waals surface area (Å²) in [4.78, 5) is 16.0. The van der Waals surface area contributed by atoms with Crippen LogP contribution in [0.3, 0.4) is 0 Å². The average Bonchev–Trinajstić information content (AvgIpc) is 2.95. The standard InChI is InChI=1S/C12H18N2O2S/c1-8-6-10(16-3)11(17-8)12(15)14(2)9-4-5-13-7-9/h6,9,13H,4-5,7H2,1-3H3/t9-/m0/s1. The molecule has 1 aromatic rings. The van der Waals surface area contributed by atoms with Crippen LogP contribution in [-0.4, -0.2) is 44.1 Å². The van der Waals surface area contributed by atoms with E-state index in [0.29, 0.717) is 16.7 Å². The van der Waals surface area contributed by atoms with Crippen LogP contribution in [-0.2, 0) is 0 Å². The number of likely N-dealkylation sites (N-methyl/N-ethyl adjacent to an activating group) is 1. The fourth-order valence-corrected chi connectivity index (χ4v) is 3.05. The molecule has 94 valence electrons. The number of rotatable bonds is 3. The third-order valence-electron chi connectivity index (χ3n) is 3.14. The van der Waals surface area contributed by atoms with Crippen molar-refractivity contribution in [3.63, 3.8) is 0 Å². The van der Waals surface area contributed by atoms with Gasteiger partial charge in [-0.2, -0.15) is 0 Å². The number of thiophene rings is 1. The minimum absolute atomic E-state index is 0.0636. The number of hydrogen-bond acceptors (Lipinski definition) is 4.